The zero-order chi connectivity index (χ0) is 36.1. The lowest BCUT2D eigenvalue weighted by Crippen LogP contribution is -2.03. The van der Waals surface area contributed by atoms with E-state index in [4.69, 9.17) is 0 Å². The summed E-state index contributed by atoms with van der Waals surface area (Å²) < 4.78 is 0. The molecule has 9 rings (SSSR count). The highest BCUT2D eigenvalue weighted by atomic mass is 14.3. The van der Waals surface area contributed by atoms with Crippen molar-refractivity contribution < 1.29 is 0 Å². The molecule has 9 aromatic carbocycles. The van der Waals surface area contributed by atoms with E-state index < -0.39 is 0 Å². The fourth-order valence-electron chi connectivity index (χ4n) is 7.86. The summed E-state index contributed by atoms with van der Waals surface area (Å²) >= 11 is 0. The summed E-state index contributed by atoms with van der Waals surface area (Å²) in [5.74, 6) is 0. The van der Waals surface area contributed by atoms with Gasteiger partial charge in [0.05, 0.1) is 0 Å². The van der Waals surface area contributed by atoms with E-state index >= 15 is 0 Å². The highest BCUT2D eigenvalue weighted by molar-refractivity contribution is 6.17. The van der Waals surface area contributed by atoms with Gasteiger partial charge in [0.15, 0.2) is 0 Å². The van der Waals surface area contributed by atoms with Gasteiger partial charge in [-0.05, 0) is 107 Å². The largest absolute Gasteiger partial charge is 0.0622 e. The van der Waals surface area contributed by atoms with Crippen molar-refractivity contribution in [2.24, 2.45) is 0 Å². The Hall–Kier alpha value is -7.02. The lowest BCUT2D eigenvalue weighted by molar-refractivity contribution is 1.50. The van der Waals surface area contributed by atoms with Crippen molar-refractivity contribution in [1.82, 2.24) is 0 Å². The van der Waals surface area contributed by atoms with Gasteiger partial charge in [-0.25, -0.2) is 0 Å². The summed E-state index contributed by atoms with van der Waals surface area (Å²) in [5, 5.41) is 0. The SMILES string of the molecule is [c]1[c]c(-c2ccccc2)c(-c2ccccc2)c(-c2c(-c3ccccc3)c(-c3ccccc3)c(-c3ccccc3)c(-c3ccccc3)c2-c2ccccc2)c1. The summed E-state index contributed by atoms with van der Waals surface area (Å²) in [6.07, 6.45) is 0. The highest BCUT2D eigenvalue weighted by Crippen LogP contribution is 2.57. The molecule has 0 N–H and O–H groups in total. The van der Waals surface area contributed by atoms with Crippen LogP contribution in [0.15, 0.2) is 218 Å². The molecule has 0 bridgehead atoms. The second kappa shape index (κ2) is 14.9. The minimum atomic E-state index is 1.02. The van der Waals surface area contributed by atoms with Crippen LogP contribution in [-0.4, -0.2) is 0 Å². The van der Waals surface area contributed by atoms with E-state index in [1.54, 1.807) is 0 Å². The Labute approximate surface area is 318 Å². The molecule has 0 heteroatoms. The fourth-order valence-corrected chi connectivity index (χ4v) is 7.86. The Balaban J connectivity index is 1.60. The number of hydrogen-bond donors (Lipinski definition) is 0. The monoisotopic (exact) mass is 684 g/mol. The minimum Gasteiger partial charge on any atom is -0.0622 e. The Morgan fingerprint density at radius 1 is 0.222 bits per heavy atom. The van der Waals surface area contributed by atoms with Crippen LogP contribution in [0.4, 0.5) is 0 Å². The third-order valence-electron chi connectivity index (χ3n) is 10.1. The van der Waals surface area contributed by atoms with Gasteiger partial charge in [0, 0.05) is 0 Å². The van der Waals surface area contributed by atoms with Gasteiger partial charge in [0.25, 0.3) is 0 Å². The maximum absolute atomic E-state index is 3.59. The molecular formula is C54H36. The third-order valence-corrected chi connectivity index (χ3v) is 10.1. The summed E-state index contributed by atoms with van der Waals surface area (Å²) in [4.78, 5) is 0. The quantitative estimate of drug-likeness (QED) is 0.149. The van der Waals surface area contributed by atoms with Crippen LogP contribution in [0.3, 0.4) is 0 Å². The first-order valence-electron chi connectivity index (χ1n) is 18.5. The van der Waals surface area contributed by atoms with E-state index in [9.17, 15) is 0 Å². The van der Waals surface area contributed by atoms with Crippen molar-refractivity contribution in [2.45, 2.75) is 0 Å². The van der Waals surface area contributed by atoms with E-state index in [1.165, 1.54) is 27.8 Å². The van der Waals surface area contributed by atoms with Crippen LogP contribution >= 0.6 is 0 Å². The average Bonchev–Trinajstić information content (AvgIpc) is 3.27. The Morgan fingerprint density at radius 2 is 0.463 bits per heavy atom. The molecule has 0 aromatic heterocycles. The predicted molar refractivity (Wildman–Crippen MR) is 228 cm³/mol. The van der Waals surface area contributed by atoms with Gasteiger partial charge in [0.1, 0.15) is 0 Å². The standard InChI is InChI=1S/C54H36/c1-8-23-39(24-9-1)46-37-22-38-47(48(46)40-25-10-2-11-26-40)54-52(44-33-18-6-19-34-44)50(42-29-14-4-15-30-42)49(41-27-12-3-13-28-41)51(43-31-16-5-17-32-43)53(54)45-35-20-7-21-36-45/h1-21,23-36,38H. The van der Waals surface area contributed by atoms with Gasteiger partial charge >= 0.3 is 0 Å². The molecule has 0 atom stereocenters. The molecule has 0 saturated carbocycles. The first kappa shape index (κ1) is 32.9. The number of hydrogen-bond acceptors (Lipinski definition) is 0. The first-order valence-corrected chi connectivity index (χ1v) is 18.5. The molecule has 0 amide bonds. The van der Waals surface area contributed by atoms with Crippen LogP contribution in [-0.2, 0) is 0 Å². The fraction of sp³-hybridized carbons (Fsp3) is 0. The third kappa shape index (κ3) is 6.15. The van der Waals surface area contributed by atoms with Crippen molar-refractivity contribution >= 4 is 0 Å². The topological polar surface area (TPSA) is 0 Å². The molecule has 0 spiro atoms. The maximum atomic E-state index is 3.59. The van der Waals surface area contributed by atoms with Gasteiger partial charge in [-0.2, -0.15) is 0 Å². The predicted octanol–water partition coefficient (Wildman–Crippen LogP) is 14.6. The van der Waals surface area contributed by atoms with E-state index in [1.807, 2.05) is 0 Å². The molecule has 0 aliphatic heterocycles. The molecule has 0 nitrogen and oxygen atoms in total. The molecule has 0 aliphatic rings. The van der Waals surface area contributed by atoms with E-state index in [2.05, 4.69) is 231 Å². The number of benzene rings is 9. The lowest BCUT2D eigenvalue weighted by Gasteiger charge is -2.30. The van der Waals surface area contributed by atoms with Gasteiger partial charge in [0.2, 0.25) is 0 Å². The van der Waals surface area contributed by atoms with Crippen LogP contribution in [0.2, 0.25) is 0 Å². The van der Waals surface area contributed by atoms with E-state index in [-0.39, 0.29) is 0 Å². The van der Waals surface area contributed by atoms with Gasteiger partial charge in [-0.3, -0.25) is 0 Å². The zero-order valence-electron chi connectivity index (χ0n) is 29.8. The molecule has 0 fully saturated rings. The van der Waals surface area contributed by atoms with Gasteiger partial charge in [-0.15, -0.1) is 0 Å². The molecule has 0 heterocycles. The molecule has 0 aliphatic carbocycles. The van der Waals surface area contributed by atoms with E-state index in [0.717, 1.165) is 61.2 Å². The highest BCUT2D eigenvalue weighted by Gasteiger charge is 2.30. The zero-order valence-corrected chi connectivity index (χ0v) is 29.8. The second-order valence-corrected chi connectivity index (χ2v) is 13.4. The van der Waals surface area contributed by atoms with Crippen LogP contribution in [0, 0.1) is 12.1 Å². The van der Waals surface area contributed by atoms with Gasteiger partial charge < -0.3 is 0 Å². The molecule has 0 unspecified atom stereocenters. The normalized spacial score (nSPS) is 11.0. The molecule has 54 heavy (non-hydrogen) atoms. The Kier molecular flexibility index (Phi) is 9.07. The summed E-state index contributed by atoms with van der Waals surface area (Å²) in [6, 6.07) is 85.3. The minimum absolute atomic E-state index is 1.02. The van der Waals surface area contributed by atoms with Crippen LogP contribution < -0.4 is 0 Å². The van der Waals surface area contributed by atoms with Crippen molar-refractivity contribution in [3.8, 4) is 89.0 Å². The molecular weight excluding hydrogens is 649 g/mol. The summed E-state index contributed by atoms with van der Waals surface area (Å²) in [5.41, 5.74) is 18.3. The van der Waals surface area contributed by atoms with Gasteiger partial charge in [-0.1, -0.05) is 212 Å². The molecule has 9 aromatic rings. The molecule has 252 valence electrons. The second-order valence-electron chi connectivity index (χ2n) is 13.4. The van der Waals surface area contributed by atoms with Crippen molar-refractivity contribution in [3.05, 3.63) is 231 Å². The van der Waals surface area contributed by atoms with Crippen molar-refractivity contribution in [3.63, 3.8) is 0 Å². The maximum Gasteiger partial charge on any atom is -0.000718 e. The first-order chi connectivity index (χ1) is 26.9. The smallest absolute Gasteiger partial charge is 0.000718 e. The Bertz CT molecular complexity index is 2530. The Morgan fingerprint density at radius 3 is 0.759 bits per heavy atom. The van der Waals surface area contributed by atoms with Crippen LogP contribution in [0.5, 0.6) is 0 Å². The molecule has 2 radical (unpaired) electrons. The summed E-state index contributed by atoms with van der Waals surface area (Å²) in [7, 11) is 0. The van der Waals surface area contributed by atoms with Crippen molar-refractivity contribution in [1.29, 1.82) is 0 Å². The van der Waals surface area contributed by atoms with Crippen LogP contribution in [0.1, 0.15) is 0 Å². The number of rotatable bonds is 8. The lowest BCUT2D eigenvalue weighted by atomic mass is 9.73. The molecule has 0 saturated heterocycles. The summed E-state index contributed by atoms with van der Waals surface area (Å²) in [6.45, 7) is 0. The average molecular weight is 685 g/mol. The van der Waals surface area contributed by atoms with Crippen LogP contribution in [0.25, 0.3) is 89.0 Å². The van der Waals surface area contributed by atoms with E-state index in [0.29, 0.717) is 0 Å². The van der Waals surface area contributed by atoms with Crippen molar-refractivity contribution in [2.75, 3.05) is 0 Å².